The minimum Gasteiger partial charge on any atom is -0.431 e. The standard InChI is InChI=1S/C11H15NO4/c1-7(16-8(2)14)10-9(4-5-13)6-12(3)11(10)15/h5,9H,4,6H2,1-3H3/b10-7-. The summed E-state index contributed by atoms with van der Waals surface area (Å²) < 4.78 is 4.91. The van der Waals surface area contributed by atoms with E-state index in [2.05, 4.69) is 0 Å². The maximum absolute atomic E-state index is 11.8. The number of amides is 1. The third-order valence-electron chi connectivity index (χ3n) is 2.54. The predicted molar refractivity (Wildman–Crippen MR) is 56.3 cm³/mol. The normalized spacial score (nSPS) is 23.3. The van der Waals surface area contributed by atoms with Crippen LogP contribution in [0.25, 0.3) is 0 Å². The summed E-state index contributed by atoms with van der Waals surface area (Å²) in [6.45, 7) is 3.35. The fraction of sp³-hybridized carbons (Fsp3) is 0.545. The van der Waals surface area contributed by atoms with Crippen molar-refractivity contribution in [1.82, 2.24) is 4.90 Å². The molecule has 5 nitrogen and oxygen atoms in total. The van der Waals surface area contributed by atoms with E-state index in [1.54, 1.807) is 14.0 Å². The van der Waals surface area contributed by atoms with Gasteiger partial charge in [-0.05, 0) is 6.92 Å². The van der Waals surface area contributed by atoms with Crippen molar-refractivity contribution in [3.05, 3.63) is 11.3 Å². The Morgan fingerprint density at radius 3 is 2.69 bits per heavy atom. The van der Waals surface area contributed by atoms with Gasteiger partial charge >= 0.3 is 5.97 Å². The number of ether oxygens (including phenoxy) is 1. The van der Waals surface area contributed by atoms with Crippen molar-refractivity contribution in [1.29, 1.82) is 0 Å². The van der Waals surface area contributed by atoms with Crippen molar-refractivity contribution in [3.63, 3.8) is 0 Å². The van der Waals surface area contributed by atoms with Crippen LogP contribution in [0.2, 0.25) is 0 Å². The first kappa shape index (κ1) is 12.4. The Morgan fingerprint density at radius 2 is 2.19 bits per heavy atom. The second-order valence-corrected chi connectivity index (χ2v) is 3.85. The average molecular weight is 225 g/mol. The van der Waals surface area contributed by atoms with Gasteiger partial charge in [0.2, 0.25) is 0 Å². The average Bonchev–Trinajstić information content (AvgIpc) is 2.42. The molecule has 0 radical (unpaired) electrons. The Bertz CT molecular complexity index is 359. The van der Waals surface area contributed by atoms with Gasteiger partial charge in [-0.3, -0.25) is 9.59 Å². The molecule has 16 heavy (non-hydrogen) atoms. The Kier molecular flexibility index (Phi) is 3.82. The van der Waals surface area contributed by atoms with Crippen molar-refractivity contribution in [2.24, 2.45) is 5.92 Å². The molecule has 0 aromatic carbocycles. The van der Waals surface area contributed by atoms with Crippen molar-refractivity contribution in [2.75, 3.05) is 13.6 Å². The maximum atomic E-state index is 11.8. The number of rotatable bonds is 3. The monoisotopic (exact) mass is 225 g/mol. The summed E-state index contributed by atoms with van der Waals surface area (Å²) >= 11 is 0. The lowest BCUT2D eigenvalue weighted by Crippen LogP contribution is -2.20. The van der Waals surface area contributed by atoms with Crippen LogP contribution in [0, 0.1) is 5.92 Å². The third kappa shape index (κ3) is 2.48. The van der Waals surface area contributed by atoms with Crippen LogP contribution in [-0.2, 0) is 19.1 Å². The highest BCUT2D eigenvalue weighted by Crippen LogP contribution is 2.28. The van der Waals surface area contributed by atoms with Gasteiger partial charge in [-0.1, -0.05) is 0 Å². The molecule has 1 aliphatic heterocycles. The Balaban J connectivity index is 3.00. The summed E-state index contributed by atoms with van der Waals surface area (Å²) in [7, 11) is 1.66. The lowest BCUT2D eigenvalue weighted by molar-refractivity contribution is -0.136. The van der Waals surface area contributed by atoms with E-state index < -0.39 is 5.97 Å². The summed E-state index contributed by atoms with van der Waals surface area (Å²) in [4.78, 5) is 34.6. The number of hydrogen-bond acceptors (Lipinski definition) is 4. The van der Waals surface area contributed by atoms with Crippen LogP contribution in [0.15, 0.2) is 11.3 Å². The molecule has 1 fully saturated rings. The van der Waals surface area contributed by atoms with Gasteiger partial charge in [0, 0.05) is 32.9 Å². The van der Waals surface area contributed by atoms with Crippen LogP contribution in [-0.4, -0.2) is 36.7 Å². The van der Waals surface area contributed by atoms with Gasteiger partial charge in [-0.2, -0.15) is 0 Å². The molecule has 1 amide bonds. The molecule has 1 unspecified atom stereocenters. The number of esters is 1. The molecule has 1 saturated heterocycles. The van der Waals surface area contributed by atoms with Crippen LogP contribution in [0.5, 0.6) is 0 Å². The number of carbonyl (C=O) groups excluding carboxylic acids is 3. The second-order valence-electron chi connectivity index (χ2n) is 3.85. The van der Waals surface area contributed by atoms with Crippen LogP contribution in [0.1, 0.15) is 20.3 Å². The number of carbonyl (C=O) groups is 3. The van der Waals surface area contributed by atoms with Crippen LogP contribution in [0.4, 0.5) is 0 Å². The van der Waals surface area contributed by atoms with Crippen molar-refractivity contribution >= 4 is 18.2 Å². The summed E-state index contributed by atoms with van der Waals surface area (Å²) in [5.41, 5.74) is 0.435. The van der Waals surface area contributed by atoms with E-state index in [1.807, 2.05) is 0 Å². The van der Waals surface area contributed by atoms with Gasteiger partial charge in [-0.15, -0.1) is 0 Å². The largest absolute Gasteiger partial charge is 0.431 e. The first-order chi connectivity index (χ1) is 7.47. The molecule has 1 rings (SSSR count). The Hall–Kier alpha value is -1.65. The molecular weight excluding hydrogens is 210 g/mol. The number of hydrogen-bond donors (Lipinski definition) is 0. The predicted octanol–water partition coefficient (Wildman–Crippen LogP) is 0.501. The number of allylic oxidation sites excluding steroid dienone is 1. The van der Waals surface area contributed by atoms with E-state index in [0.717, 1.165) is 6.29 Å². The van der Waals surface area contributed by atoms with E-state index in [0.29, 0.717) is 17.9 Å². The molecular formula is C11H15NO4. The Morgan fingerprint density at radius 1 is 1.56 bits per heavy atom. The fourth-order valence-electron chi connectivity index (χ4n) is 1.90. The number of nitrogens with zero attached hydrogens (tertiary/aromatic N) is 1. The van der Waals surface area contributed by atoms with Gasteiger partial charge in [0.05, 0.1) is 5.57 Å². The van der Waals surface area contributed by atoms with Gasteiger partial charge in [0.25, 0.3) is 5.91 Å². The SMILES string of the molecule is CC(=O)O/C(C)=C1\C(=O)N(C)CC1CC=O. The van der Waals surface area contributed by atoms with Crippen LogP contribution in [0.3, 0.4) is 0 Å². The smallest absolute Gasteiger partial charge is 0.307 e. The molecule has 1 atom stereocenters. The van der Waals surface area contributed by atoms with Crippen LogP contribution < -0.4 is 0 Å². The molecule has 0 aromatic rings. The molecule has 0 aromatic heterocycles. The molecule has 88 valence electrons. The molecule has 0 saturated carbocycles. The van der Waals surface area contributed by atoms with Crippen LogP contribution >= 0.6 is 0 Å². The van der Waals surface area contributed by atoms with Gasteiger partial charge in [0.15, 0.2) is 0 Å². The number of likely N-dealkylation sites (tertiary alicyclic amines) is 1. The highest BCUT2D eigenvalue weighted by atomic mass is 16.5. The van der Waals surface area contributed by atoms with Gasteiger partial charge in [-0.25, -0.2) is 0 Å². The van der Waals surface area contributed by atoms with Gasteiger partial charge in [0.1, 0.15) is 12.0 Å². The van der Waals surface area contributed by atoms with E-state index in [4.69, 9.17) is 4.74 Å². The van der Waals surface area contributed by atoms with Crippen molar-refractivity contribution < 1.29 is 19.1 Å². The lowest BCUT2D eigenvalue weighted by Gasteiger charge is -2.08. The first-order valence-electron chi connectivity index (χ1n) is 5.05. The highest BCUT2D eigenvalue weighted by Gasteiger charge is 2.35. The summed E-state index contributed by atoms with van der Waals surface area (Å²) in [5.74, 6) is -0.508. The first-order valence-corrected chi connectivity index (χ1v) is 5.05. The molecule has 0 aliphatic carbocycles. The zero-order chi connectivity index (χ0) is 12.3. The summed E-state index contributed by atoms with van der Waals surface area (Å²) in [6.07, 6.45) is 1.04. The van der Waals surface area contributed by atoms with E-state index in [9.17, 15) is 14.4 Å². The van der Waals surface area contributed by atoms with Crippen molar-refractivity contribution in [2.45, 2.75) is 20.3 Å². The topological polar surface area (TPSA) is 63.7 Å². The Labute approximate surface area is 94.1 Å². The molecule has 0 bridgehead atoms. The molecule has 1 heterocycles. The number of likely N-dealkylation sites (N-methyl/N-ethyl adjacent to an activating group) is 1. The molecule has 0 N–H and O–H groups in total. The molecule has 5 heteroatoms. The minimum atomic E-state index is -0.461. The third-order valence-corrected chi connectivity index (χ3v) is 2.54. The zero-order valence-electron chi connectivity index (χ0n) is 9.65. The summed E-state index contributed by atoms with van der Waals surface area (Å²) in [6, 6.07) is 0. The highest BCUT2D eigenvalue weighted by molar-refractivity contribution is 5.97. The zero-order valence-corrected chi connectivity index (χ0v) is 9.65. The van der Waals surface area contributed by atoms with E-state index in [1.165, 1.54) is 11.8 Å². The number of aldehydes is 1. The maximum Gasteiger partial charge on any atom is 0.307 e. The van der Waals surface area contributed by atoms with E-state index >= 15 is 0 Å². The molecule has 1 aliphatic rings. The quantitative estimate of drug-likeness (QED) is 0.304. The molecule has 0 spiro atoms. The van der Waals surface area contributed by atoms with E-state index in [-0.39, 0.29) is 18.2 Å². The minimum absolute atomic E-state index is 0.172. The van der Waals surface area contributed by atoms with Gasteiger partial charge < -0.3 is 14.4 Å². The summed E-state index contributed by atoms with van der Waals surface area (Å²) in [5, 5.41) is 0. The van der Waals surface area contributed by atoms with Crippen molar-refractivity contribution in [3.8, 4) is 0 Å². The fourth-order valence-corrected chi connectivity index (χ4v) is 1.90. The second kappa shape index (κ2) is 4.92. The lowest BCUT2D eigenvalue weighted by atomic mass is 9.98.